The Kier molecular flexibility index (Phi) is 4.57. The molecule has 5 heteroatoms. The third kappa shape index (κ3) is 3.45. The summed E-state index contributed by atoms with van der Waals surface area (Å²) < 4.78 is 0. The highest BCUT2D eigenvalue weighted by atomic mass is 32.1. The lowest BCUT2D eigenvalue weighted by molar-refractivity contribution is 0.0697. The summed E-state index contributed by atoms with van der Waals surface area (Å²) >= 11 is 1.83. The number of thiazole rings is 1. The Morgan fingerprint density at radius 1 is 1.21 bits per heavy atom. The fourth-order valence-electron chi connectivity index (χ4n) is 4.13. The fourth-order valence-corrected chi connectivity index (χ4v) is 5.53. The standard InChI is InChI=1S/C23H30N2O2S/c1-14-12-16(20(26)27)8-9-17(14)25(13-15-6-7-15)21-24-18-19(28-21)23(4,5)11-10-22(18,2)3/h8-9,12,15H,6-7,10-11,13H2,1-5H3,(H,26,27). The van der Waals surface area contributed by atoms with Crippen molar-refractivity contribution in [1.82, 2.24) is 4.98 Å². The number of anilines is 2. The van der Waals surface area contributed by atoms with E-state index < -0.39 is 5.97 Å². The Labute approximate surface area is 171 Å². The number of hydrogen-bond donors (Lipinski definition) is 1. The van der Waals surface area contributed by atoms with E-state index in [-0.39, 0.29) is 10.8 Å². The van der Waals surface area contributed by atoms with Gasteiger partial charge in [-0.15, -0.1) is 11.3 Å². The zero-order valence-electron chi connectivity index (χ0n) is 17.5. The highest BCUT2D eigenvalue weighted by Crippen LogP contribution is 2.50. The highest BCUT2D eigenvalue weighted by molar-refractivity contribution is 7.16. The van der Waals surface area contributed by atoms with Gasteiger partial charge in [-0.05, 0) is 62.3 Å². The highest BCUT2D eigenvalue weighted by Gasteiger charge is 2.41. The molecule has 28 heavy (non-hydrogen) atoms. The third-order valence-electron chi connectivity index (χ3n) is 6.35. The number of aromatic carboxylic acids is 1. The van der Waals surface area contributed by atoms with Gasteiger partial charge in [0.15, 0.2) is 5.13 Å². The maximum atomic E-state index is 11.3. The van der Waals surface area contributed by atoms with E-state index >= 15 is 0 Å². The molecule has 1 fully saturated rings. The summed E-state index contributed by atoms with van der Waals surface area (Å²) in [4.78, 5) is 20.3. The van der Waals surface area contributed by atoms with Crippen LogP contribution in [0.1, 0.15) is 79.9 Å². The van der Waals surface area contributed by atoms with Gasteiger partial charge in [-0.2, -0.15) is 0 Å². The zero-order valence-corrected chi connectivity index (χ0v) is 18.3. The molecule has 2 aliphatic carbocycles. The first-order valence-electron chi connectivity index (χ1n) is 10.2. The minimum absolute atomic E-state index is 0.104. The molecular weight excluding hydrogens is 368 g/mol. The summed E-state index contributed by atoms with van der Waals surface area (Å²) in [5, 5.41) is 10.4. The van der Waals surface area contributed by atoms with Gasteiger partial charge in [0.1, 0.15) is 0 Å². The molecule has 1 N–H and O–H groups in total. The van der Waals surface area contributed by atoms with Crippen molar-refractivity contribution in [2.45, 2.75) is 71.1 Å². The van der Waals surface area contributed by atoms with Crippen LogP contribution in [0.2, 0.25) is 0 Å². The number of nitrogens with zero attached hydrogens (tertiary/aromatic N) is 2. The first-order valence-corrected chi connectivity index (χ1v) is 11.0. The van der Waals surface area contributed by atoms with Crippen molar-refractivity contribution in [3.8, 4) is 0 Å². The van der Waals surface area contributed by atoms with Crippen LogP contribution in [-0.2, 0) is 10.8 Å². The lowest BCUT2D eigenvalue weighted by Crippen LogP contribution is -2.32. The van der Waals surface area contributed by atoms with E-state index in [9.17, 15) is 9.90 Å². The first-order chi connectivity index (χ1) is 13.1. The van der Waals surface area contributed by atoms with Gasteiger partial charge < -0.3 is 10.0 Å². The Hall–Kier alpha value is -1.88. The van der Waals surface area contributed by atoms with Crippen LogP contribution in [0.25, 0.3) is 0 Å². The van der Waals surface area contributed by atoms with E-state index in [1.165, 1.54) is 29.8 Å². The number of carbonyl (C=O) groups is 1. The predicted octanol–water partition coefficient (Wildman–Crippen LogP) is 6.05. The maximum Gasteiger partial charge on any atom is 0.335 e. The Morgan fingerprint density at radius 3 is 2.46 bits per heavy atom. The molecule has 2 aromatic rings. The molecule has 1 saturated carbocycles. The summed E-state index contributed by atoms with van der Waals surface area (Å²) in [6.45, 7) is 12.2. The molecule has 0 amide bonds. The van der Waals surface area contributed by atoms with E-state index in [2.05, 4.69) is 32.6 Å². The van der Waals surface area contributed by atoms with Crippen LogP contribution in [0.15, 0.2) is 18.2 Å². The molecule has 1 heterocycles. The molecule has 1 aromatic carbocycles. The smallest absolute Gasteiger partial charge is 0.335 e. The number of benzene rings is 1. The van der Waals surface area contributed by atoms with Crippen molar-refractivity contribution in [1.29, 1.82) is 0 Å². The average molecular weight is 399 g/mol. The first kappa shape index (κ1) is 19.4. The number of carboxylic acid groups (broad SMARTS) is 1. The van der Waals surface area contributed by atoms with Crippen LogP contribution in [0.3, 0.4) is 0 Å². The molecule has 1 aromatic heterocycles. The van der Waals surface area contributed by atoms with Crippen molar-refractivity contribution in [2.75, 3.05) is 11.4 Å². The second kappa shape index (κ2) is 6.58. The number of carboxylic acids is 1. The van der Waals surface area contributed by atoms with Gasteiger partial charge >= 0.3 is 5.97 Å². The normalized spacial score (nSPS) is 19.9. The van der Waals surface area contributed by atoms with Crippen LogP contribution in [-0.4, -0.2) is 22.6 Å². The molecule has 4 rings (SSSR count). The monoisotopic (exact) mass is 398 g/mol. The van der Waals surface area contributed by atoms with Crippen molar-refractivity contribution in [3.05, 3.63) is 39.9 Å². The van der Waals surface area contributed by atoms with Gasteiger partial charge in [0.25, 0.3) is 0 Å². The molecule has 0 atom stereocenters. The maximum absolute atomic E-state index is 11.3. The topological polar surface area (TPSA) is 53.4 Å². The Balaban J connectivity index is 1.80. The predicted molar refractivity (Wildman–Crippen MR) is 115 cm³/mol. The Bertz CT molecular complexity index is 891. The van der Waals surface area contributed by atoms with Crippen LogP contribution in [0, 0.1) is 12.8 Å². The lowest BCUT2D eigenvalue weighted by atomic mass is 9.69. The van der Waals surface area contributed by atoms with E-state index in [4.69, 9.17) is 4.98 Å². The van der Waals surface area contributed by atoms with E-state index in [1.54, 1.807) is 12.1 Å². The minimum Gasteiger partial charge on any atom is -0.478 e. The molecule has 2 aliphatic rings. The summed E-state index contributed by atoms with van der Waals surface area (Å²) in [6, 6.07) is 5.45. The summed E-state index contributed by atoms with van der Waals surface area (Å²) in [5.41, 5.74) is 3.94. The van der Waals surface area contributed by atoms with Gasteiger partial charge in [-0.1, -0.05) is 27.7 Å². The minimum atomic E-state index is -0.878. The Morgan fingerprint density at radius 2 is 1.89 bits per heavy atom. The summed E-state index contributed by atoms with van der Waals surface area (Å²) in [7, 11) is 0. The number of aryl methyl sites for hydroxylation is 1. The quantitative estimate of drug-likeness (QED) is 0.666. The van der Waals surface area contributed by atoms with Crippen LogP contribution in [0.5, 0.6) is 0 Å². The molecule has 150 valence electrons. The zero-order chi connectivity index (χ0) is 20.3. The number of hydrogen-bond acceptors (Lipinski definition) is 4. The van der Waals surface area contributed by atoms with Gasteiger partial charge in [-0.25, -0.2) is 9.78 Å². The largest absolute Gasteiger partial charge is 0.478 e. The fraction of sp³-hybridized carbons (Fsp3) is 0.565. The van der Waals surface area contributed by atoms with Crippen LogP contribution in [0.4, 0.5) is 10.8 Å². The third-order valence-corrected chi connectivity index (χ3v) is 7.79. The summed E-state index contributed by atoms with van der Waals surface area (Å²) in [5.74, 6) is -0.169. The van der Waals surface area contributed by atoms with Gasteiger partial charge in [0.05, 0.1) is 11.3 Å². The van der Waals surface area contributed by atoms with Crippen molar-refractivity contribution in [2.24, 2.45) is 5.92 Å². The molecule has 0 aliphatic heterocycles. The van der Waals surface area contributed by atoms with Gasteiger partial charge in [0.2, 0.25) is 0 Å². The molecule has 4 nitrogen and oxygen atoms in total. The molecule has 0 spiro atoms. The molecule has 0 saturated heterocycles. The number of fused-ring (bicyclic) bond motifs is 1. The second-order valence-corrected chi connectivity index (χ2v) is 10.8. The molecule has 0 radical (unpaired) electrons. The molecular formula is C23H30N2O2S. The van der Waals surface area contributed by atoms with E-state index in [0.29, 0.717) is 11.5 Å². The van der Waals surface area contributed by atoms with E-state index in [0.717, 1.165) is 29.3 Å². The average Bonchev–Trinajstić information content (AvgIpc) is 3.31. The molecule has 0 unspecified atom stereocenters. The van der Waals surface area contributed by atoms with Gasteiger partial charge in [-0.3, -0.25) is 0 Å². The molecule has 0 bridgehead atoms. The van der Waals surface area contributed by atoms with Crippen LogP contribution >= 0.6 is 11.3 Å². The van der Waals surface area contributed by atoms with Crippen molar-refractivity contribution in [3.63, 3.8) is 0 Å². The second-order valence-electron chi connectivity index (χ2n) is 9.80. The number of rotatable bonds is 5. The number of aromatic nitrogens is 1. The van der Waals surface area contributed by atoms with Crippen LogP contribution < -0.4 is 4.90 Å². The van der Waals surface area contributed by atoms with E-state index in [1.807, 2.05) is 24.3 Å². The van der Waals surface area contributed by atoms with Crippen molar-refractivity contribution < 1.29 is 9.90 Å². The lowest BCUT2D eigenvalue weighted by Gasteiger charge is -2.37. The summed E-state index contributed by atoms with van der Waals surface area (Å²) in [6.07, 6.45) is 4.88. The van der Waals surface area contributed by atoms with Crippen molar-refractivity contribution >= 4 is 28.1 Å². The SMILES string of the molecule is Cc1cc(C(=O)O)ccc1N(CC1CC1)c1nc2c(s1)C(C)(C)CCC2(C)C. The van der Waals surface area contributed by atoms with Gasteiger partial charge in [0, 0.05) is 27.9 Å².